The Bertz CT molecular complexity index is 556. The summed E-state index contributed by atoms with van der Waals surface area (Å²) in [5.74, 6) is -0.854. The average molecular weight is 311 g/mol. The monoisotopic (exact) mass is 311 g/mol. The topological polar surface area (TPSA) is 18.5 Å². The molecule has 0 aliphatic carbocycles. The van der Waals surface area contributed by atoms with Crippen LogP contribution in [-0.2, 0) is 21.7 Å². The van der Waals surface area contributed by atoms with Gasteiger partial charge >= 0.3 is 0 Å². The van der Waals surface area contributed by atoms with Gasteiger partial charge in [0.05, 0.1) is 0 Å². The van der Waals surface area contributed by atoms with E-state index in [0.29, 0.717) is 0 Å². The summed E-state index contributed by atoms with van der Waals surface area (Å²) in [6.07, 6.45) is 5.81. The van der Waals surface area contributed by atoms with Crippen molar-refractivity contribution in [2.75, 3.05) is 14.2 Å². The fraction of sp³-hybridized carbons (Fsp3) is 0.381. The third-order valence-corrected chi connectivity index (χ3v) is 4.28. The highest BCUT2D eigenvalue weighted by Gasteiger charge is 2.34. The molecule has 2 aromatic carbocycles. The van der Waals surface area contributed by atoms with Crippen molar-refractivity contribution in [3.63, 3.8) is 0 Å². The Labute approximate surface area is 140 Å². The van der Waals surface area contributed by atoms with E-state index >= 15 is 0 Å². The zero-order valence-corrected chi connectivity index (χ0v) is 14.3. The van der Waals surface area contributed by atoms with E-state index in [1.807, 2.05) is 30.3 Å². The highest BCUT2D eigenvalue weighted by Crippen LogP contribution is 2.34. The van der Waals surface area contributed by atoms with Crippen LogP contribution in [-0.4, -0.2) is 14.2 Å². The summed E-state index contributed by atoms with van der Waals surface area (Å²) in [6, 6.07) is 18.6. The first kappa shape index (κ1) is 17.7. The van der Waals surface area contributed by atoms with Crippen LogP contribution in [0.1, 0.15) is 42.4 Å². The Morgan fingerprint density at radius 2 is 1.39 bits per heavy atom. The molecule has 0 atom stereocenters. The first-order chi connectivity index (χ1) is 11.3. The molecule has 2 nitrogen and oxygen atoms in total. The summed E-state index contributed by atoms with van der Waals surface area (Å²) in [6.45, 7) is 3.89. The molecule has 2 aromatic rings. The Morgan fingerprint density at radius 3 is 1.96 bits per heavy atom. The molecule has 0 bridgehead atoms. The number of ether oxygens (including phenoxy) is 2. The molecule has 0 spiro atoms. The minimum atomic E-state index is -0.854. The first-order valence-corrected chi connectivity index (χ1v) is 8.31. The molecule has 0 amide bonds. The minimum absolute atomic E-state index is 0.854. The van der Waals surface area contributed by atoms with Gasteiger partial charge in [-0.3, -0.25) is 0 Å². The van der Waals surface area contributed by atoms with Gasteiger partial charge in [0.25, 0.3) is 0 Å². The molecule has 0 aromatic heterocycles. The first-order valence-electron chi connectivity index (χ1n) is 8.31. The van der Waals surface area contributed by atoms with E-state index in [-0.39, 0.29) is 0 Å². The molecule has 0 N–H and O–H groups in total. The van der Waals surface area contributed by atoms with Crippen molar-refractivity contribution in [1.82, 2.24) is 0 Å². The third-order valence-electron chi connectivity index (χ3n) is 4.28. The third kappa shape index (κ3) is 4.21. The molecular formula is C21H27O2. The second-order valence-corrected chi connectivity index (χ2v) is 5.75. The summed E-state index contributed by atoms with van der Waals surface area (Å²) in [4.78, 5) is 0. The van der Waals surface area contributed by atoms with Crippen molar-refractivity contribution in [1.29, 1.82) is 0 Å². The standard InChI is InChI=1S/C21H27O2/c1-4-5-6-8-11-18-14-16-20(17-15-18)21(22-2,23-3)19-12-9-7-10-13-19/h7,9-10,12-17H,1,4-6,8,11H2,2-3H3. The smallest absolute Gasteiger partial charge is 0.221 e. The van der Waals surface area contributed by atoms with Gasteiger partial charge in [0.2, 0.25) is 5.79 Å². The van der Waals surface area contributed by atoms with Gasteiger partial charge in [0, 0.05) is 25.3 Å². The summed E-state index contributed by atoms with van der Waals surface area (Å²) < 4.78 is 11.6. The van der Waals surface area contributed by atoms with Crippen LogP contribution in [0.4, 0.5) is 0 Å². The van der Waals surface area contributed by atoms with Gasteiger partial charge in [-0.25, -0.2) is 0 Å². The molecule has 123 valence electrons. The highest BCUT2D eigenvalue weighted by molar-refractivity contribution is 5.35. The van der Waals surface area contributed by atoms with Crippen LogP contribution in [0.15, 0.2) is 54.6 Å². The van der Waals surface area contributed by atoms with E-state index in [1.165, 1.54) is 24.8 Å². The second kappa shape index (κ2) is 8.85. The number of rotatable bonds is 9. The lowest BCUT2D eigenvalue weighted by Crippen LogP contribution is -2.32. The minimum Gasteiger partial charge on any atom is -0.346 e. The van der Waals surface area contributed by atoms with Gasteiger partial charge in [0.1, 0.15) is 0 Å². The number of hydrogen-bond acceptors (Lipinski definition) is 2. The number of aryl methyl sites for hydroxylation is 1. The molecule has 1 radical (unpaired) electrons. The largest absolute Gasteiger partial charge is 0.346 e. The van der Waals surface area contributed by atoms with Gasteiger partial charge in [-0.2, -0.15) is 0 Å². The Morgan fingerprint density at radius 1 is 0.783 bits per heavy atom. The van der Waals surface area contributed by atoms with E-state index in [1.54, 1.807) is 14.2 Å². The second-order valence-electron chi connectivity index (χ2n) is 5.75. The SMILES string of the molecule is [CH2]CCCCCc1ccc(C(OC)(OC)c2ccccc2)cc1. The van der Waals surface area contributed by atoms with Crippen molar-refractivity contribution < 1.29 is 9.47 Å². The quantitative estimate of drug-likeness (QED) is 0.473. The van der Waals surface area contributed by atoms with Crippen LogP contribution < -0.4 is 0 Å². The number of methoxy groups -OCH3 is 2. The molecule has 0 fully saturated rings. The van der Waals surface area contributed by atoms with Crippen molar-refractivity contribution in [3.05, 3.63) is 78.2 Å². The highest BCUT2D eigenvalue weighted by atomic mass is 16.7. The van der Waals surface area contributed by atoms with Gasteiger partial charge in [-0.05, 0) is 18.4 Å². The molecule has 0 aliphatic heterocycles. The number of hydrogen-bond donors (Lipinski definition) is 0. The molecule has 2 heteroatoms. The van der Waals surface area contributed by atoms with Crippen molar-refractivity contribution in [2.45, 2.75) is 37.9 Å². The molecule has 0 unspecified atom stereocenters. The fourth-order valence-corrected chi connectivity index (χ4v) is 2.95. The molecule has 0 saturated heterocycles. The maximum Gasteiger partial charge on any atom is 0.221 e. The van der Waals surface area contributed by atoms with E-state index in [4.69, 9.17) is 9.47 Å². The molecule has 0 heterocycles. The van der Waals surface area contributed by atoms with Gasteiger partial charge < -0.3 is 9.47 Å². The van der Waals surface area contributed by atoms with E-state index < -0.39 is 5.79 Å². The zero-order chi connectivity index (χ0) is 16.5. The van der Waals surface area contributed by atoms with E-state index in [2.05, 4.69) is 31.2 Å². The summed E-state index contributed by atoms with van der Waals surface area (Å²) in [7, 11) is 3.37. The van der Waals surface area contributed by atoms with Crippen LogP contribution in [0.5, 0.6) is 0 Å². The maximum absolute atomic E-state index is 5.78. The molecule has 0 saturated carbocycles. The molecule has 0 aliphatic rings. The normalized spacial score (nSPS) is 11.6. The van der Waals surface area contributed by atoms with Crippen molar-refractivity contribution in [2.24, 2.45) is 0 Å². The summed E-state index contributed by atoms with van der Waals surface area (Å²) in [5.41, 5.74) is 3.36. The van der Waals surface area contributed by atoms with E-state index in [0.717, 1.165) is 24.0 Å². The predicted octanol–water partition coefficient (Wildman–Crippen LogP) is 5.12. The van der Waals surface area contributed by atoms with Crippen molar-refractivity contribution >= 4 is 0 Å². The van der Waals surface area contributed by atoms with Crippen LogP contribution in [0, 0.1) is 6.92 Å². The van der Waals surface area contributed by atoms with Gasteiger partial charge in [-0.1, -0.05) is 80.8 Å². The number of benzene rings is 2. The number of unbranched alkanes of at least 4 members (excludes halogenated alkanes) is 3. The summed E-state index contributed by atoms with van der Waals surface area (Å²) in [5, 5.41) is 0. The van der Waals surface area contributed by atoms with Crippen LogP contribution in [0.2, 0.25) is 0 Å². The molecule has 23 heavy (non-hydrogen) atoms. The lowest BCUT2D eigenvalue weighted by atomic mass is 9.95. The Hall–Kier alpha value is -1.64. The lowest BCUT2D eigenvalue weighted by Gasteiger charge is -2.32. The van der Waals surface area contributed by atoms with Crippen LogP contribution in [0.25, 0.3) is 0 Å². The van der Waals surface area contributed by atoms with E-state index in [9.17, 15) is 0 Å². The summed E-state index contributed by atoms with van der Waals surface area (Å²) >= 11 is 0. The predicted molar refractivity (Wildman–Crippen MR) is 95.2 cm³/mol. The zero-order valence-electron chi connectivity index (χ0n) is 14.3. The van der Waals surface area contributed by atoms with Crippen LogP contribution in [0.3, 0.4) is 0 Å². The van der Waals surface area contributed by atoms with Crippen LogP contribution >= 0.6 is 0 Å². The fourth-order valence-electron chi connectivity index (χ4n) is 2.95. The molecular weight excluding hydrogens is 284 g/mol. The lowest BCUT2D eigenvalue weighted by molar-refractivity contribution is -0.183. The Kier molecular flexibility index (Phi) is 6.82. The average Bonchev–Trinajstić information content (AvgIpc) is 2.62. The molecule has 2 rings (SSSR count). The van der Waals surface area contributed by atoms with Gasteiger partial charge in [-0.15, -0.1) is 0 Å². The van der Waals surface area contributed by atoms with Crippen molar-refractivity contribution in [3.8, 4) is 0 Å². The maximum atomic E-state index is 5.78. The Balaban J connectivity index is 2.17. The van der Waals surface area contributed by atoms with Gasteiger partial charge in [0.15, 0.2) is 0 Å².